The molecule has 2 fully saturated rings. The lowest BCUT2D eigenvalue weighted by Gasteiger charge is -2.40. The van der Waals surface area contributed by atoms with Crippen LogP contribution in [0.3, 0.4) is 0 Å². The highest BCUT2D eigenvalue weighted by Crippen LogP contribution is 2.34. The maximum atomic E-state index is 13.5. The zero-order valence-corrected chi connectivity index (χ0v) is 22.1. The Labute approximate surface area is 222 Å². The summed E-state index contributed by atoms with van der Waals surface area (Å²) < 4.78 is 7.34. The normalized spacial score (nSPS) is 18.1. The van der Waals surface area contributed by atoms with Gasteiger partial charge < -0.3 is 14.6 Å². The van der Waals surface area contributed by atoms with Crippen LogP contribution in [0.2, 0.25) is 0 Å². The number of H-pyrrole nitrogens is 1. The summed E-state index contributed by atoms with van der Waals surface area (Å²) in [4.78, 5) is 21.4. The van der Waals surface area contributed by atoms with E-state index in [1.807, 2.05) is 35.0 Å². The molecule has 2 aromatic carbocycles. The van der Waals surface area contributed by atoms with Crippen molar-refractivity contribution in [3.8, 4) is 5.75 Å². The minimum Gasteiger partial charge on any atom is -0.497 e. The molecule has 1 aliphatic heterocycles. The molecule has 1 saturated carbocycles. The molecular weight excluding hydrogens is 478 g/mol. The molecule has 1 aliphatic carbocycles. The number of piperazine rings is 1. The van der Waals surface area contributed by atoms with E-state index in [0.717, 1.165) is 67.1 Å². The second kappa shape index (κ2) is 10.6. The molecule has 2 aromatic heterocycles. The van der Waals surface area contributed by atoms with Gasteiger partial charge in [-0.3, -0.25) is 9.69 Å². The Morgan fingerprint density at radius 3 is 2.47 bits per heavy atom. The minimum atomic E-state index is -0.321. The summed E-state index contributed by atoms with van der Waals surface area (Å²) in [5.41, 5.74) is 3.80. The third-order valence-electron chi connectivity index (χ3n) is 8.12. The Kier molecular flexibility index (Phi) is 6.84. The number of nitrogens with one attached hydrogen (secondary N) is 1. The topological polar surface area (TPSA) is 92.2 Å². The van der Waals surface area contributed by atoms with Crippen molar-refractivity contribution in [1.29, 1.82) is 0 Å². The van der Waals surface area contributed by atoms with Crippen molar-refractivity contribution in [3.63, 3.8) is 0 Å². The van der Waals surface area contributed by atoms with Crippen molar-refractivity contribution >= 4 is 16.6 Å². The van der Waals surface area contributed by atoms with Crippen LogP contribution in [0.5, 0.6) is 5.75 Å². The lowest BCUT2D eigenvalue weighted by molar-refractivity contribution is 0.192. The van der Waals surface area contributed by atoms with Crippen molar-refractivity contribution < 1.29 is 4.74 Å². The Morgan fingerprint density at radius 2 is 1.74 bits per heavy atom. The number of tetrazole rings is 1. The Balaban J connectivity index is 1.36. The zero-order valence-electron chi connectivity index (χ0n) is 22.1. The van der Waals surface area contributed by atoms with Gasteiger partial charge in [0, 0.05) is 42.9 Å². The van der Waals surface area contributed by atoms with E-state index < -0.39 is 0 Å². The molecule has 1 atom stereocenters. The van der Waals surface area contributed by atoms with Gasteiger partial charge in [-0.05, 0) is 78.0 Å². The smallest absolute Gasteiger partial charge is 0.253 e. The van der Waals surface area contributed by atoms with Crippen LogP contribution in [0.1, 0.15) is 61.1 Å². The van der Waals surface area contributed by atoms with Gasteiger partial charge in [0.2, 0.25) is 0 Å². The van der Waals surface area contributed by atoms with Gasteiger partial charge in [-0.1, -0.05) is 30.9 Å². The number of nitrogens with zero attached hydrogens (tertiary/aromatic N) is 6. The molecule has 1 N–H and O–H groups in total. The number of benzene rings is 2. The van der Waals surface area contributed by atoms with Gasteiger partial charge in [0.05, 0.1) is 13.2 Å². The van der Waals surface area contributed by atoms with Gasteiger partial charge in [0.15, 0.2) is 5.82 Å². The van der Waals surface area contributed by atoms with Crippen molar-refractivity contribution in [1.82, 2.24) is 30.1 Å². The average molecular weight is 514 g/mol. The molecule has 9 nitrogen and oxygen atoms in total. The van der Waals surface area contributed by atoms with Crippen LogP contribution >= 0.6 is 0 Å². The number of pyridine rings is 1. The van der Waals surface area contributed by atoms with Crippen LogP contribution in [-0.4, -0.2) is 63.4 Å². The number of anilines is 1. The van der Waals surface area contributed by atoms with E-state index in [1.165, 1.54) is 24.9 Å². The summed E-state index contributed by atoms with van der Waals surface area (Å²) in [5.74, 6) is 1.63. The lowest BCUT2D eigenvalue weighted by Crippen LogP contribution is -2.49. The fourth-order valence-electron chi connectivity index (χ4n) is 6.04. The van der Waals surface area contributed by atoms with Crippen LogP contribution in [-0.2, 0) is 0 Å². The highest BCUT2D eigenvalue weighted by atomic mass is 16.5. The molecule has 1 saturated heterocycles. The zero-order chi connectivity index (χ0) is 26.1. The van der Waals surface area contributed by atoms with Crippen molar-refractivity contribution in [2.24, 2.45) is 0 Å². The minimum absolute atomic E-state index is 0.0814. The summed E-state index contributed by atoms with van der Waals surface area (Å²) in [6.07, 6.45) is 5.77. The van der Waals surface area contributed by atoms with Gasteiger partial charge >= 0.3 is 0 Å². The maximum Gasteiger partial charge on any atom is 0.253 e. The fraction of sp³-hybridized carbons (Fsp3) is 0.448. The largest absolute Gasteiger partial charge is 0.497 e. The molecule has 0 amide bonds. The Bertz CT molecular complexity index is 1450. The number of ether oxygens (including phenoxy) is 1. The Hall–Kier alpha value is -3.72. The SMILES string of the molecule is COc1ccc(N2CCN([C@H](c3cc4cc(C)ccc4[nH]c3=O)c3nnnn3C3CCCCC3)CC2)cc1. The van der Waals surface area contributed by atoms with E-state index in [4.69, 9.17) is 4.74 Å². The average Bonchev–Trinajstić information content (AvgIpc) is 3.44. The molecular formula is C29H35N7O2. The van der Waals surface area contributed by atoms with E-state index in [1.54, 1.807) is 7.11 Å². The van der Waals surface area contributed by atoms with Crippen LogP contribution in [0, 0.1) is 6.92 Å². The third kappa shape index (κ3) is 4.78. The van der Waals surface area contributed by atoms with Gasteiger partial charge in [0.1, 0.15) is 11.8 Å². The number of aromatic amines is 1. The van der Waals surface area contributed by atoms with Crippen LogP contribution < -0.4 is 15.2 Å². The number of aryl methyl sites for hydroxylation is 1. The number of hydrogen-bond donors (Lipinski definition) is 1. The molecule has 3 heterocycles. The predicted octanol–water partition coefficient (Wildman–Crippen LogP) is 4.25. The van der Waals surface area contributed by atoms with E-state index in [2.05, 4.69) is 55.4 Å². The van der Waals surface area contributed by atoms with Crippen molar-refractivity contribution in [2.75, 3.05) is 38.2 Å². The Morgan fingerprint density at radius 1 is 0.974 bits per heavy atom. The van der Waals surface area contributed by atoms with Crippen molar-refractivity contribution in [3.05, 3.63) is 75.8 Å². The second-order valence-electron chi connectivity index (χ2n) is 10.5. The first kappa shape index (κ1) is 24.6. The van der Waals surface area contributed by atoms with E-state index in [-0.39, 0.29) is 17.6 Å². The fourth-order valence-corrected chi connectivity index (χ4v) is 6.04. The first-order valence-corrected chi connectivity index (χ1v) is 13.6. The number of fused-ring (bicyclic) bond motifs is 1. The van der Waals surface area contributed by atoms with Gasteiger partial charge in [-0.15, -0.1) is 5.10 Å². The number of rotatable bonds is 6. The molecule has 198 valence electrons. The molecule has 0 radical (unpaired) electrons. The molecule has 9 heteroatoms. The van der Waals surface area contributed by atoms with Gasteiger partial charge in [0.25, 0.3) is 5.56 Å². The first-order valence-electron chi connectivity index (χ1n) is 13.6. The summed E-state index contributed by atoms with van der Waals surface area (Å²) >= 11 is 0. The summed E-state index contributed by atoms with van der Waals surface area (Å²) in [5, 5.41) is 14.2. The number of hydrogen-bond acceptors (Lipinski definition) is 7. The molecule has 4 aromatic rings. The van der Waals surface area contributed by atoms with Crippen LogP contribution in [0.25, 0.3) is 10.9 Å². The summed E-state index contributed by atoms with van der Waals surface area (Å²) in [7, 11) is 1.69. The molecule has 2 aliphatic rings. The first-order chi connectivity index (χ1) is 18.6. The molecule has 6 rings (SSSR count). The van der Waals surface area contributed by atoms with E-state index in [9.17, 15) is 4.79 Å². The predicted molar refractivity (Wildman–Crippen MR) is 148 cm³/mol. The van der Waals surface area contributed by atoms with E-state index in [0.29, 0.717) is 5.56 Å². The second-order valence-corrected chi connectivity index (χ2v) is 10.5. The van der Waals surface area contributed by atoms with Crippen molar-refractivity contribution in [2.45, 2.75) is 51.1 Å². The highest BCUT2D eigenvalue weighted by molar-refractivity contribution is 5.79. The number of aromatic nitrogens is 5. The van der Waals surface area contributed by atoms with Crippen LogP contribution in [0.4, 0.5) is 5.69 Å². The third-order valence-corrected chi connectivity index (χ3v) is 8.12. The molecule has 38 heavy (non-hydrogen) atoms. The maximum absolute atomic E-state index is 13.5. The highest BCUT2D eigenvalue weighted by Gasteiger charge is 2.34. The van der Waals surface area contributed by atoms with Gasteiger partial charge in [-0.25, -0.2) is 4.68 Å². The molecule has 0 spiro atoms. The quantitative estimate of drug-likeness (QED) is 0.412. The standard InChI is InChI=1S/C29H35N7O2/c1-20-8-13-26-21(18-20)19-25(29(37)30-26)27(28-31-32-33-36(28)23-6-4-3-5-7-23)35-16-14-34(15-17-35)22-9-11-24(38-2)12-10-22/h8-13,18-19,23,27H,3-7,14-17H2,1-2H3,(H,30,37)/t27-/m1/s1. The number of methoxy groups -OCH3 is 1. The molecule has 0 unspecified atom stereocenters. The summed E-state index contributed by atoms with van der Waals surface area (Å²) in [6, 6.07) is 16.3. The lowest BCUT2D eigenvalue weighted by atomic mass is 9.95. The monoisotopic (exact) mass is 513 g/mol. The van der Waals surface area contributed by atoms with Crippen LogP contribution in [0.15, 0.2) is 53.3 Å². The summed E-state index contributed by atoms with van der Waals surface area (Å²) in [6.45, 7) is 5.35. The van der Waals surface area contributed by atoms with Gasteiger partial charge in [-0.2, -0.15) is 0 Å². The van der Waals surface area contributed by atoms with E-state index >= 15 is 0 Å². The molecule has 0 bridgehead atoms.